The molecule has 0 unspecified atom stereocenters. The Morgan fingerprint density at radius 3 is 2.76 bits per heavy atom. The van der Waals surface area contributed by atoms with E-state index in [0.29, 0.717) is 12.3 Å². The van der Waals surface area contributed by atoms with Gasteiger partial charge in [-0.1, -0.05) is 12.5 Å². The molecule has 21 heavy (non-hydrogen) atoms. The van der Waals surface area contributed by atoms with Crippen molar-refractivity contribution in [3.63, 3.8) is 0 Å². The molecule has 5 nitrogen and oxygen atoms in total. The van der Waals surface area contributed by atoms with Crippen LogP contribution in [-0.4, -0.2) is 43.3 Å². The number of allylic oxidation sites excluding steroid dienone is 1. The summed E-state index contributed by atoms with van der Waals surface area (Å²) < 4.78 is 15.9. The normalized spacial score (nSPS) is 38.1. The third-order valence-electron chi connectivity index (χ3n) is 4.06. The molecule has 0 bridgehead atoms. The molecule has 0 fully saturated rings. The highest BCUT2D eigenvalue weighted by molar-refractivity contribution is 5.73. The van der Waals surface area contributed by atoms with Gasteiger partial charge in [-0.05, 0) is 45.6 Å². The molecule has 0 saturated heterocycles. The minimum Gasteiger partial charge on any atom is -0.461 e. The fraction of sp³-hybridized carbons (Fsp3) is 0.812. The van der Waals surface area contributed by atoms with E-state index in [9.17, 15) is 9.90 Å². The third kappa shape index (κ3) is 5.09. The minimum atomic E-state index is -0.944. The Kier molecular flexibility index (Phi) is 6.84. The Morgan fingerprint density at radius 2 is 2.14 bits per heavy atom. The molecule has 0 aromatic rings. The number of aliphatic hydroxyl groups excluding tert-OH is 1. The van der Waals surface area contributed by atoms with Crippen LogP contribution in [0.25, 0.3) is 0 Å². The molecule has 1 rings (SSSR count). The summed E-state index contributed by atoms with van der Waals surface area (Å²) in [6.45, 7) is 7.97. The Balaban J connectivity index is 3.01. The van der Waals surface area contributed by atoms with Gasteiger partial charge in [-0.15, -0.1) is 0 Å². The van der Waals surface area contributed by atoms with Crippen molar-refractivity contribution in [2.24, 2.45) is 11.8 Å². The van der Waals surface area contributed by atoms with Crippen molar-refractivity contribution in [3.8, 4) is 0 Å². The highest BCUT2D eigenvalue weighted by atomic mass is 16.7. The van der Waals surface area contributed by atoms with Gasteiger partial charge < -0.3 is 19.3 Å². The highest BCUT2D eigenvalue weighted by Crippen LogP contribution is 2.32. The van der Waals surface area contributed by atoms with E-state index in [-0.39, 0.29) is 13.4 Å². The van der Waals surface area contributed by atoms with E-state index >= 15 is 0 Å². The summed E-state index contributed by atoms with van der Waals surface area (Å²) in [5, 5.41) is 10.6. The molecule has 4 atom stereocenters. The number of aliphatic hydroxyl groups is 1. The van der Waals surface area contributed by atoms with Gasteiger partial charge in [0.25, 0.3) is 0 Å². The molecule has 0 amide bonds. The highest BCUT2D eigenvalue weighted by Gasteiger charge is 2.42. The molecule has 1 heterocycles. The quantitative estimate of drug-likeness (QED) is 0.492. The number of hydrogen-bond acceptors (Lipinski definition) is 5. The number of hydrogen-bond donors (Lipinski definition) is 1. The molecule has 0 radical (unpaired) electrons. The maximum atomic E-state index is 12.0. The molecular weight excluding hydrogens is 272 g/mol. The lowest BCUT2D eigenvalue weighted by Gasteiger charge is -2.38. The number of carbonyl (C=O) groups is 1. The Labute approximate surface area is 127 Å². The molecule has 0 spiro atoms. The number of methoxy groups -OCH3 is 1. The van der Waals surface area contributed by atoms with E-state index in [0.717, 1.165) is 6.42 Å². The summed E-state index contributed by atoms with van der Waals surface area (Å²) >= 11 is 0. The number of rotatable bonds is 3. The molecule has 122 valence electrons. The van der Waals surface area contributed by atoms with Crippen molar-refractivity contribution in [1.82, 2.24) is 0 Å². The van der Waals surface area contributed by atoms with Crippen LogP contribution in [-0.2, 0) is 19.0 Å². The predicted octanol–water partition coefficient (Wildman–Crippen LogP) is 2.28. The van der Waals surface area contributed by atoms with Gasteiger partial charge in [-0.2, -0.15) is 0 Å². The molecule has 1 aliphatic heterocycles. The minimum absolute atomic E-state index is 0.0802. The predicted molar refractivity (Wildman–Crippen MR) is 79.7 cm³/mol. The average molecular weight is 300 g/mol. The number of carbonyl (C=O) groups excluding carboxylic acids is 1. The second-order valence-corrected chi connectivity index (χ2v) is 6.29. The lowest BCUT2D eigenvalue weighted by Crippen LogP contribution is -2.49. The van der Waals surface area contributed by atoms with Crippen molar-refractivity contribution in [2.75, 3.05) is 20.5 Å². The summed E-state index contributed by atoms with van der Waals surface area (Å²) in [5.74, 6) is -0.739. The van der Waals surface area contributed by atoms with E-state index in [1.54, 1.807) is 6.92 Å². The molecule has 0 aliphatic carbocycles. The molecule has 0 aromatic carbocycles. The van der Waals surface area contributed by atoms with Crippen LogP contribution in [0, 0.1) is 11.8 Å². The fourth-order valence-corrected chi connectivity index (χ4v) is 2.91. The summed E-state index contributed by atoms with van der Waals surface area (Å²) in [4.78, 5) is 12.0. The lowest BCUT2D eigenvalue weighted by atomic mass is 9.81. The zero-order chi connectivity index (χ0) is 16.0. The first kappa shape index (κ1) is 18.1. The summed E-state index contributed by atoms with van der Waals surface area (Å²) in [6.07, 6.45) is 2.50. The van der Waals surface area contributed by atoms with Crippen LogP contribution in [0.3, 0.4) is 0 Å². The SMILES string of the molecule is COCO[C@@]1(C)C[C@@H](C)C/C(C)=C\COC(=O)[C@H](C)[C@@H]1O. The molecule has 1 N–H and O–H groups in total. The van der Waals surface area contributed by atoms with Crippen LogP contribution in [0.5, 0.6) is 0 Å². The van der Waals surface area contributed by atoms with Crippen LogP contribution >= 0.6 is 0 Å². The second-order valence-electron chi connectivity index (χ2n) is 6.29. The number of cyclic esters (lactones) is 1. The Bertz CT molecular complexity index is 379. The van der Waals surface area contributed by atoms with E-state index in [1.165, 1.54) is 12.7 Å². The van der Waals surface area contributed by atoms with Crippen LogP contribution < -0.4 is 0 Å². The third-order valence-corrected chi connectivity index (χ3v) is 4.06. The van der Waals surface area contributed by atoms with Gasteiger partial charge in [0.1, 0.15) is 13.4 Å². The van der Waals surface area contributed by atoms with Crippen LogP contribution in [0.15, 0.2) is 11.6 Å². The first-order valence-electron chi connectivity index (χ1n) is 7.43. The van der Waals surface area contributed by atoms with E-state index in [4.69, 9.17) is 14.2 Å². The number of esters is 1. The molecule has 0 saturated carbocycles. The molecule has 1 aliphatic rings. The summed E-state index contributed by atoms with van der Waals surface area (Å²) in [5.41, 5.74) is 0.326. The first-order chi connectivity index (χ1) is 9.80. The van der Waals surface area contributed by atoms with Gasteiger partial charge >= 0.3 is 5.97 Å². The topological polar surface area (TPSA) is 65.0 Å². The zero-order valence-corrected chi connectivity index (χ0v) is 13.7. The van der Waals surface area contributed by atoms with E-state index in [1.807, 2.05) is 19.9 Å². The molecule has 5 heteroatoms. The average Bonchev–Trinajstić information content (AvgIpc) is 2.43. The van der Waals surface area contributed by atoms with E-state index in [2.05, 4.69) is 6.92 Å². The largest absolute Gasteiger partial charge is 0.461 e. The van der Waals surface area contributed by atoms with Crippen molar-refractivity contribution in [2.45, 2.75) is 52.2 Å². The lowest BCUT2D eigenvalue weighted by molar-refractivity contribution is -0.194. The van der Waals surface area contributed by atoms with Gasteiger partial charge in [0.2, 0.25) is 0 Å². The standard InChI is InChI=1S/C16H28O5/c1-11-6-7-20-15(18)13(3)14(17)16(4,21-10-19-5)9-12(2)8-11/h6,12-14,17H,7-10H2,1-5H3/b11-6-/t12-,13+,14-,16-/m0/s1. The van der Waals surface area contributed by atoms with Crippen molar-refractivity contribution in [1.29, 1.82) is 0 Å². The van der Waals surface area contributed by atoms with Gasteiger partial charge in [0.15, 0.2) is 0 Å². The van der Waals surface area contributed by atoms with E-state index < -0.39 is 23.6 Å². The smallest absolute Gasteiger partial charge is 0.311 e. The van der Waals surface area contributed by atoms with Gasteiger partial charge in [-0.3, -0.25) is 4.79 Å². The number of ether oxygens (including phenoxy) is 3. The zero-order valence-electron chi connectivity index (χ0n) is 13.7. The first-order valence-corrected chi connectivity index (χ1v) is 7.43. The Morgan fingerprint density at radius 1 is 1.48 bits per heavy atom. The van der Waals surface area contributed by atoms with Gasteiger partial charge in [0.05, 0.1) is 17.6 Å². The van der Waals surface area contributed by atoms with Gasteiger partial charge in [0, 0.05) is 7.11 Å². The second kappa shape index (κ2) is 7.92. The van der Waals surface area contributed by atoms with Crippen LogP contribution in [0.2, 0.25) is 0 Å². The Hall–Kier alpha value is -0.910. The van der Waals surface area contributed by atoms with Crippen molar-refractivity contribution in [3.05, 3.63) is 11.6 Å². The fourth-order valence-electron chi connectivity index (χ4n) is 2.91. The maximum Gasteiger partial charge on any atom is 0.311 e. The van der Waals surface area contributed by atoms with Crippen LogP contribution in [0.4, 0.5) is 0 Å². The van der Waals surface area contributed by atoms with Crippen molar-refractivity contribution >= 4 is 5.97 Å². The van der Waals surface area contributed by atoms with Gasteiger partial charge in [-0.25, -0.2) is 0 Å². The maximum absolute atomic E-state index is 12.0. The summed E-state index contributed by atoms with van der Waals surface area (Å²) in [7, 11) is 1.54. The summed E-state index contributed by atoms with van der Waals surface area (Å²) in [6, 6.07) is 0. The monoisotopic (exact) mass is 300 g/mol. The van der Waals surface area contributed by atoms with Crippen LogP contribution in [0.1, 0.15) is 40.5 Å². The van der Waals surface area contributed by atoms with Crippen molar-refractivity contribution < 1.29 is 24.1 Å². The molecule has 0 aromatic heterocycles. The molecular formula is C16H28O5.